The average Bonchev–Trinajstić information content (AvgIpc) is 2.76. The molecule has 3 aromatic carbocycles. The van der Waals surface area contributed by atoms with Crippen LogP contribution >= 0.6 is 0 Å². The summed E-state index contributed by atoms with van der Waals surface area (Å²) in [4.78, 5) is 13.0. The van der Waals surface area contributed by atoms with Crippen LogP contribution in [0.1, 0.15) is 63.1 Å². The van der Waals surface area contributed by atoms with Gasteiger partial charge in [-0.2, -0.15) is 0 Å². The van der Waals surface area contributed by atoms with E-state index in [4.69, 9.17) is 0 Å². The molecule has 1 N–H and O–H groups in total. The predicted octanol–water partition coefficient (Wildman–Crippen LogP) is 5.77. The third kappa shape index (κ3) is 5.86. The number of hydrogen-bond donors (Lipinski definition) is 1. The van der Waals surface area contributed by atoms with Crippen molar-refractivity contribution in [2.24, 2.45) is 0 Å². The summed E-state index contributed by atoms with van der Waals surface area (Å²) in [5, 5.41) is 3.14. The second-order valence-electron chi connectivity index (χ2n) is 9.00. The second kappa shape index (κ2) is 10.4. The van der Waals surface area contributed by atoms with Crippen molar-refractivity contribution in [1.82, 2.24) is 5.32 Å². The van der Waals surface area contributed by atoms with Crippen LogP contribution in [0, 0.1) is 27.7 Å². The number of carbonyl (C=O) groups excluding carboxylic acids is 1. The molecule has 34 heavy (non-hydrogen) atoms. The first-order valence-electron chi connectivity index (χ1n) is 11.5. The highest BCUT2D eigenvalue weighted by Gasteiger charge is 2.22. The first kappa shape index (κ1) is 25.5. The van der Waals surface area contributed by atoms with Crippen molar-refractivity contribution in [1.29, 1.82) is 0 Å². The Balaban J connectivity index is 1.80. The van der Waals surface area contributed by atoms with E-state index in [1.165, 1.54) is 16.1 Å². The number of anilines is 1. The van der Waals surface area contributed by atoms with E-state index in [0.717, 1.165) is 34.2 Å². The van der Waals surface area contributed by atoms with Crippen molar-refractivity contribution in [2.75, 3.05) is 10.6 Å². The Bertz CT molecular complexity index is 1260. The molecule has 3 rings (SSSR count). The van der Waals surface area contributed by atoms with Gasteiger partial charge in [-0.1, -0.05) is 61.0 Å². The van der Waals surface area contributed by atoms with Gasteiger partial charge in [0.2, 0.25) is 10.0 Å². The molecule has 0 aliphatic heterocycles. The van der Waals surface area contributed by atoms with Gasteiger partial charge in [-0.05, 0) is 74.1 Å². The minimum absolute atomic E-state index is 0.0717. The maximum atomic E-state index is 13.0. The SMILES string of the molecule is CCC(NC(=O)c1ccc(CN(c2c(C)cccc2C)S(C)(=O)=O)cc1)c1ccc(C)cc1C. The van der Waals surface area contributed by atoms with Crippen molar-refractivity contribution in [3.8, 4) is 0 Å². The van der Waals surface area contributed by atoms with Gasteiger partial charge in [-0.25, -0.2) is 8.42 Å². The maximum Gasteiger partial charge on any atom is 0.251 e. The molecule has 0 fully saturated rings. The van der Waals surface area contributed by atoms with Gasteiger partial charge in [0.25, 0.3) is 5.91 Å². The Kier molecular flexibility index (Phi) is 7.82. The number of aryl methyl sites for hydroxylation is 4. The molecular formula is C28H34N2O3S. The Morgan fingerprint density at radius 2 is 1.53 bits per heavy atom. The lowest BCUT2D eigenvalue weighted by atomic mass is 9.97. The van der Waals surface area contributed by atoms with E-state index in [2.05, 4.69) is 44.3 Å². The van der Waals surface area contributed by atoms with Crippen LogP contribution in [-0.4, -0.2) is 20.6 Å². The zero-order valence-electron chi connectivity index (χ0n) is 20.8. The van der Waals surface area contributed by atoms with E-state index in [0.29, 0.717) is 11.3 Å². The molecule has 5 nitrogen and oxygen atoms in total. The molecule has 0 bridgehead atoms. The summed E-state index contributed by atoms with van der Waals surface area (Å²) >= 11 is 0. The molecular weight excluding hydrogens is 444 g/mol. The fourth-order valence-corrected chi connectivity index (χ4v) is 5.35. The number of nitrogens with one attached hydrogen (secondary N) is 1. The highest BCUT2D eigenvalue weighted by molar-refractivity contribution is 7.92. The number of nitrogens with zero attached hydrogens (tertiary/aromatic N) is 1. The van der Waals surface area contributed by atoms with Gasteiger partial charge in [-0.3, -0.25) is 9.10 Å². The smallest absolute Gasteiger partial charge is 0.251 e. The van der Waals surface area contributed by atoms with Crippen LogP contribution in [-0.2, 0) is 16.6 Å². The van der Waals surface area contributed by atoms with E-state index in [9.17, 15) is 13.2 Å². The number of rotatable bonds is 8. The number of amides is 1. The van der Waals surface area contributed by atoms with Gasteiger partial charge >= 0.3 is 0 Å². The second-order valence-corrected chi connectivity index (χ2v) is 10.9. The van der Waals surface area contributed by atoms with Gasteiger partial charge in [0.15, 0.2) is 0 Å². The van der Waals surface area contributed by atoms with Crippen molar-refractivity contribution in [3.05, 3.63) is 99.6 Å². The summed E-state index contributed by atoms with van der Waals surface area (Å²) in [7, 11) is -3.49. The summed E-state index contributed by atoms with van der Waals surface area (Å²) in [5.74, 6) is -0.145. The lowest BCUT2D eigenvalue weighted by Crippen LogP contribution is -2.31. The van der Waals surface area contributed by atoms with E-state index < -0.39 is 10.0 Å². The minimum atomic E-state index is -3.49. The topological polar surface area (TPSA) is 66.5 Å². The molecule has 0 aromatic heterocycles. The van der Waals surface area contributed by atoms with Crippen LogP contribution < -0.4 is 9.62 Å². The molecule has 0 spiro atoms. The van der Waals surface area contributed by atoms with Gasteiger partial charge in [0.1, 0.15) is 0 Å². The van der Waals surface area contributed by atoms with E-state index in [1.807, 2.05) is 44.2 Å². The van der Waals surface area contributed by atoms with Crippen LogP contribution in [0.3, 0.4) is 0 Å². The summed E-state index contributed by atoms with van der Waals surface area (Å²) in [6, 6.07) is 19.1. The van der Waals surface area contributed by atoms with Crippen molar-refractivity contribution in [3.63, 3.8) is 0 Å². The number of sulfonamides is 1. The Morgan fingerprint density at radius 1 is 0.912 bits per heavy atom. The van der Waals surface area contributed by atoms with Crippen LogP contribution in [0.5, 0.6) is 0 Å². The number of carbonyl (C=O) groups is 1. The molecule has 0 aliphatic rings. The molecule has 1 amide bonds. The first-order chi connectivity index (χ1) is 16.0. The number of benzene rings is 3. The van der Waals surface area contributed by atoms with Crippen molar-refractivity contribution >= 4 is 21.6 Å². The molecule has 1 atom stereocenters. The zero-order chi connectivity index (χ0) is 25.0. The molecule has 0 saturated carbocycles. The quantitative estimate of drug-likeness (QED) is 0.447. The van der Waals surface area contributed by atoms with E-state index >= 15 is 0 Å². The zero-order valence-corrected chi connectivity index (χ0v) is 21.7. The number of hydrogen-bond acceptors (Lipinski definition) is 3. The van der Waals surface area contributed by atoms with Crippen LogP contribution in [0.2, 0.25) is 0 Å². The Hall–Kier alpha value is -3.12. The molecule has 180 valence electrons. The van der Waals surface area contributed by atoms with E-state index in [1.54, 1.807) is 12.1 Å². The third-order valence-electron chi connectivity index (χ3n) is 6.15. The normalized spacial score (nSPS) is 12.3. The number of para-hydroxylation sites is 1. The molecule has 6 heteroatoms. The van der Waals surface area contributed by atoms with Crippen LogP contribution in [0.15, 0.2) is 60.7 Å². The minimum Gasteiger partial charge on any atom is -0.345 e. The lowest BCUT2D eigenvalue weighted by molar-refractivity contribution is 0.0935. The van der Waals surface area contributed by atoms with Gasteiger partial charge in [0.05, 0.1) is 24.5 Å². The molecule has 3 aromatic rings. The predicted molar refractivity (Wildman–Crippen MR) is 140 cm³/mol. The van der Waals surface area contributed by atoms with E-state index in [-0.39, 0.29) is 18.5 Å². The Labute approximate surface area is 203 Å². The highest BCUT2D eigenvalue weighted by Crippen LogP contribution is 2.28. The van der Waals surface area contributed by atoms with Gasteiger partial charge in [0, 0.05) is 5.56 Å². The molecule has 0 aliphatic carbocycles. The third-order valence-corrected chi connectivity index (χ3v) is 7.26. The van der Waals surface area contributed by atoms with Crippen LogP contribution in [0.4, 0.5) is 5.69 Å². The lowest BCUT2D eigenvalue weighted by Gasteiger charge is -2.26. The summed E-state index contributed by atoms with van der Waals surface area (Å²) in [6.07, 6.45) is 2.01. The molecule has 0 saturated heterocycles. The summed E-state index contributed by atoms with van der Waals surface area (Å²) in [5.41, 5.74) is 7.34. The molecule has 0 heterocycles. The molecule has 1 unspecified atom stereocenters. The Morgan fingerprint density at radius 3 is 2.06 bits per heavy atom. The fourth-order valence-electron chi connectivity index (χ4n) is 4.35. The highest BCUT2D eigenvalue weighted by atomic mass is 32.2. The summed E-state index contributed by atoms with van der Waals surface area (Å²) < 4.78 is 26.7. The van der Waals surface area contributed by atoms with Gasteiger partial charge < -0.3 is 5.32 Å². The summed E-state index contributed by atoms with van der Waals surface area (Å²) in [6.45, 7) is 10.2. The van der Waals surface area contributed by atoms with Crippen LogP contribution in [0.25, 0.3) is 0 Å². The average molecular weight is 479 g/mol. The van der Waals surface area contributed by atoms with Crippen molar-refractivity contribution < 1.29 is 13.2 Å². The standard InChI is InChI=1S/C28H34N2O3S/c1-7-26(25-16-11-19(2)17-22(25)5)29-28(31)24-14-12-23(13-15-24)18-30(34(6,32)33)27-20(3)9-8-10-21(27)4/h8-17,26H,7,18H2,1-6H3,(H,29,31). The van der Waals surface area contributed by atoms with Gasteiger partial charge in [-0.15, -0.1) is 0 Å². The largest absolute Gasteiger partial charge is 0.345 e. The first-order valence-corrected chi connectivity index (χ1v) is 13.4. The fraction of sp³-hybridized carbons (Fsp3) is 0.321. The monoisotopic (exact) mass is 478 g/mol. The van der Waals surface area contributed by atoms with Crippen molar-refractivity contribution in [2.45, 2.75) is 53.6 Å². The maximum absolute atomic E-state index is 13.0. The molecule has 0 radical (unpaired) electrons.